The molecule has 5 aliphatic rings. The molecule has 4 saturated carbocycles. The quantitative estimate of drug-likeness (QED) is 0.584. The van der Waals surface area contributed by atoms with E-state index < -0.39 is 23.4 Å². The lowest BCUT2D eigenvalue weighted by atomic mass is 9.52. The van der Waals surface area contributed by atoms with Gasteiger partial charge in [-0.3, -0.25) is 9.59 Å². The van der Waals surface area contributed by atoms with Crippen molar-refractivity contribution in [3.05, 3.63) is 21.3 Å². The van der Waals surface area contributed by atoms with Crippen molar-refractivity contribution >= 4 is 40.8 Å². The average molecular weight is 423 g/mol. The summed E-state index contributed by atoms with van der Waals surface area (Å²) in [6, 6.07) is 3.40. The fourth-order valence-electron chi connectivity index (χ4n) is 6.47. The van der Waals surface area contributed by atoms with E-state index in [1.165, 1.54) is 35.5 Å². The van der Waals surface area contributed by atoms with Crippen molar-refractivity contribution < 1.29 is 19.3 Å². The van der Waals surface area contributed by atoms with E-state index in [2.05, 4.69) is 0 Å². The lowest BCUT2D eigenvalue weighted by Gasteiger charge is -2.58. The van der Waals surface area contributed by atoms with Gasteiger partial charge < -0.3 is 4.90 Å². The number of nitrogens with one attached hydrogen (secondary N) is 1. The second kappa shape index (κ2) is 6.54. The Morgan fingerprint density at radius 1 is 1.07 bits per heavy atom. The highest BCUT2D eigenvalue weighted by Gasteiger charge is 2.61. The highest BCUT2D eigenvalue weighted by atomic mass is 35.5. The molecule has 1 atom stereocenters. The van der Waals surface area contributed by atoms with Gasteiger partial charge in [0.15, 0.2) is 6.67 Å². The normalized spacial score (nSPS) is 35.4. The molecule has 150 valence electrons. The van der Waals surface area contributed by atoms with Crippen molar-refractivity contribution in [1.29, 1.82) is 0 Å². The Hall–Kier alpha value is -1.44. The highest BCUT2D eigenvalue weighted by Crippen LogP contribution is 2.58. The molecular formula is C20H25ClN3O3S+. The van der Waals surface area contributed by atoms with E-state index in [1.807, 2.05) is 19.2 Å². The van der Waals surface area contributed by atoms with Crippen molar-refractivity contribution in [3.8, 4) is 0 Å². The van der Waals surface area contributed by atoms with Gasteiger partial charge in [-0.15, -0.1) is 11.3 Å². The molecule has 6 rings (SSSR count). The predicted molar refractivity (Wildman–Crippen MR) is 105 cm³/mol. The van der Waals surface area contributed by atoms with Crippen LogP contribution in [0, 0.1) is 17.8 Å². The SMILES string of the molecule is C[NH+](Cc1ccc(Cl)s1)CN1C(=O)C(=O)N(C23CC4CC(CC(C4)C2)C3)C1=O. The lowest BCUT2D eigenvalue weighted by molar-refractivity contribution is -0.900. The summed E-state index contributed by atoms with van der Waals surface area (Å²) in [6.45, 7) is 0.849. The van der Waals surface area contributed by atoms with Crippen molar-refractivity contribution in [2.75, 3.05) is 13.7 Å². The molecule has 1 aliphatic heterocycles. The molecular weight excluding hydrogens is 398 g/mol. The summed E-state index contributed by atoms with van der Waals surface area (Å²) in [5.74, 6) is 0.539. The molecule has 1 aromatic rings. The van der Waals surface area contributed by atoms with Crippen LogP contribution in [-0.2, 0) is 16.1 Å². The van der Waals surface area contributed by atoms with Gasteiger partial charge in [0.25, 0.3) is 0 Å². The number of halogens is 1. The van der Waals surface area contributed by atoms with Gasteiger partial charge in [-0.2, -0.15) is 0 Å². The van der Waals surface area contributed by atoms with E-state index in [-0.39, 0.29) is 6.67 Å². The molecule has 2 heterocycles. The molecule has 1 unspecified atom stereocenters. The van der Waals surface area contributed by atoms with Crippen LogP contribution in [0.15, 0.2) is 12.1 Å². The van der Waals surface area contributed by atoms with Crippen LogP contribution in [0.5, 0.6) is 0 Å². The molecule has 5 fully saturated rings. The molecule has 0 spiro atoms. The van der Waals surface area contributed by atoms with Gasteiger partial charge in [0.05, 0.1) is 21.8 Å². The van der Waals surface area contributed by atoms with Crippen LogP contribution in [-0.4, -0.2) is 46.9 Å². The summed E-state index contributed by atoms with van der Waals surface area (Å²) in [4.78, 5) is 43.4. The Kier molecular flexibility index (Phi) is 4.34. The number of hydrogen-bond donors (Lipinski definition) is 1. The van der Waals surface area contributed by atoms with Gasteiger partial charge in [0.1, 0.15) is 6.54 Å². The third-order valence-corrected chi connectivity index (χ3v) is 8.30. The maximum absolute atomic E-state index is 13.2. The minimum atomic E-state index is -0.663. The van der Waals surface area contributed by atoms with E-state index in [0.717, 1.165) is 38.3 Å². The molecule has 1 aromatic heterocycles. The molecule has 4 amide bonds. The summed E-state index contributed by atoms with van der Waals surface area (Å²) in [5.41, 5.74) is -0.414. The Morgan fingerprint density at radius 3 is 2.21 bits per heavy atom. The first-order chi connectivity index (χ1) is 13.3. The fraction of sp³-hybridized carbons (Fsp3) is 0.650. The zero-order chi connectivity index (χ0) is 19.6. The first-order valence-corrected chi connectivity index (χ1v) is 11.3. The summed E-state index contributed by atoms with van der Waals surface area (Å²) in [6.07, 6.45) is 6.33. The average Bonchev–Trinajstić information content (AvgIpc) is 3.10. The molecule has 4 aliphatic carbocycles. The number of carbonyl (C=O) groups is 3. The van der Waals surface area contributed by atoms with Crippen molar-refractivity contribution in [1.82, 2.24) is 9.80 Å². The van der Waals surface area contributed by atoms with E-state index in [1.54, 1.807) is 0 Å². The molecule has 4 bridgehead atoms. The minimum absolute atomic E-state index is 0.196. The number of imide groups is 2. The molecule has 6 nitrogen and oxygen atoms in total. The molecule has 0 radical (unpaired) electrons. The summed E-state index contributed by atoms with van der Waals surface area (Å²) < 4.78 is 0.722. The minimum Gasteiger partial charge on any atom is -0.315 e. The second-order valence-electron chi connectivity index (χ2n) is 9.30. The fourth-order valence-corrected chi connectivity index (χ4v) is 7.67. The van der Waals surface area contributed by atoms with Gasteiger partial charge in [-0.25, -0.2) is 14.6 Å². The number of quaternary nitrogens is 1. The smallest absolute Gasteiger partial charge is 0.315 e. The number of amides is 4. The molecule has 1 N–H and O–H groups in total. The van der Waals surface area contributed by atoms with Crippen molar-refractivity contribution in [2.24, 2.45) is 17.8 Å². The van der Waals surface area contributed by atoms with Gasteiger partial charge in [-0.05, 0) is 68.4 Å². The summed E-state index contributed by atoms with van der Waals surface area (Å²) >= 11 is 7.48. The van der Waals surface area contributed by atoms with Crippen LogP contribution < -0.4 is 4.90 Å². The Labute approximate surface area is 173 Å². The molecule has 28 heavy (non-hydrogen) atoms. The number of carbonyl (C=O) groups excluding carboxylic acids is 3. The Bertz CT molecular complexity index is 818. The van der Waals surface area contributed by atoms with Gasteiger partial charge in [0, 0.05) is 0 Å². The Balaban J connectivity index is 1.34. The van der Waals surface area contributed by atoms with E-state index in [9.17, 15) is 14.4 Å². The van der Waals surface area contributed by atoms with Gasteiger partial charge >= 0.3 is 17.8 Å². The number of nitrogens with zero attached hydrogens (tertiary/aromatic N) is 2. The monoisotopic (exact) mass is 422 g/mol. The zero-order valence-corrected chi connectivity index (χ0v) is 17.5. The molecule has 8 heteroatoms. The van der Waals surface area contributed by atoms with Crippen LogP contribution in [0.4, 0.5) is 4.79 Å². The number of rotatable bonds is 5. The molecule has 1 saturated heterocycles. The van der Waals surface area contributed by atoms with Crippen LogP contribution >= 0.6 is 22.9 Å². The first kappa shape index (κ1) is 18.6. The number of urea groups is 1. The van der Waals surface area contributed by atoms with Crippen LogP contribution in [0.2, 0.25) is 4.34 Å². The topological polar surface area (TPSA) is 62.1 Å². The third kappa shape index (κ3) is 2.90. The van der Waals surface area contributed by atoms with Crippen LogP contribution in [0.3, 0.4) is 0 Å². The molecule has 0 aromatic carbocycles. The van der Waals surface area contributed by atoms with E-state index >= 15 is 0 Å². The number of thiophene rings is 1. The van der Waals surface area contributed by atoms with Gasteiger partial charge in [0.2, 0.25) is 0 Å². The van der Waals surface area contributed by atoms with Crippen LogP contribution in [0.25, 0.3) is 0 Å². The highest BCUT2D eigenvalue weighted by molar-refractivity contribution is 7.16. The van der Waals surface area contributed by atoms with Gasteiger partial charge in [-0.1, -0.05) is 11.6 Å². The van der Waals surface area contributed by atoms with E-state index in [4.69, 9.17) is 11.6 Å². The summed E-state index contributed by atoms with van der Waals surface area (Å²) in [5, 5.41) is 0. The predicted octanol–water partition coefficient (Wildman–Crippen LogP) is 2.13. The maximum atomic E-state index is 13.2. The standard InChI is InChI=1S/C20H24ClN3O3S/c1-22(10-15-2-3-16(21)28-15)11-23-17(25)18(26)24(19(23)27)20-7-12-4-13(8-20)6-14(5-12)9-20/h2-3,12-14H,4-11H2,1H3/p+1. The maximum Gasteiger partial charge on any atom is 0.339 e. The largest absolute Gasteiger partial charge is 0.339 e. The van der Waals surface area contributed by atoms with Crippen molar-refractivity contribution in [3.63, 3.8) is 0 Å². The summed E-state index contributed by atoms with van der Waals surface area (Å²) in [7, 11) is 1.92. The van der Waals surface area contributed by atoms with Crippen LogP contribution in [0.1, 0.15) is 43.4 Å². The van der Waals surface area contributed by atoms with Crippen molar-refractivity contribution in [2.45, 2.75) is 50.6 Å². The first-order valence-electron chi connectivity index (χ1n) is 10.1. The second-order valence-corrected chi connectivity index (χ2v) is 11.1. The Morgan fingerprint density at radius 2 is 1.68 bits per heavy atom. The van der Waals surface area contributed by atoms with E-state index in [0.29, 0.717) is 24.3 Å². The number of hydrogen-bond acceptors (Lipinski definition) is 4. The lowest BCUT2D eigenvalue weighted by Crippen LogP contribution is -3.09. The third-order valence-electron chi connectivity index (χ3n) is 7.07. The zero-order valence-electron chi connectivity index (χ0n) is 15.9.